The first-order valence-electron chi connectivity index (χ1n) is 14.2. The Morgan fingerprint density at radius 1 is 1.21 bits per heavy atom. The van der Waals surface area contributed by atoms with Gasteiger partial charge in [-0.1, -0.05) is 19.8 Å². The summed E-state index contributed by atoms with van der Waals surface area (Å²) >= 11 is 0. The van der Waals surface area contributed by atoms with Crippen LogP contribution < -0.4 is 10.6 Å². The molecule has 2 aliphatic rings. The molecule has 2 amide bonds. The number of hydrogen-bond acceptors (Lipinski definition) is 6. The van der Waals surface area contributed by atoms with E-state index in [1.807, 2.05) is 12.2 Å². The number of halogens is 3. The van der Waals surface area contributed by atoms with Crippen molar-refractivity contribution in [2.75, 3.05) is 0 Å². The summed E-state index contributed by atoms with van der Waals surface area (Å²) in [5.74, 6) is -2.21. The van der Waals surface area contributed by atoms with Gasteiger partial charge in [0, 0.05) is 12.7 Å². The molecule has 42 heavy (non-hydrogen) atoms. The highest BCUT2D eigenvalue weighted by molar-refractivity contribution is 6.03. The molecule has 2 fully saturated rings. The number of alkyl halides is 3. The second kappa shape index (κ2) is 11.4. The Kier molecular flexibility index (Phi) is 7.99. The molecule has 4 heterocycles. The SMILES string of the molecule is CCn1nccc1C(=O)N[C@H](c1cn2ncc(CC3(C(=O)O)CCC(C(F)(F)F)NC3=O)cc2n1)C1CCC(C)CC1. The minimum Gasteiger partial charge on any atom is -0.480 e. The van der Waals surface area contributed by atoms with Gasteiger partial charge in [-0.3, -0.25) is 19.1 Å². The summed E-state index contributed by atoms with van der Waals surface area (Å²) in [6.45, 7) is 4.64. The number of nitrogens with zero attached hydrogens (tertiary/aromatic N) is 5. The Morgan fingerprint density at radius 3 is 2.60 bits per heavy atom. The third-order valence-corrected chi connectivity index (χ3v) is 8.69. The number of carbonyl (C=O) groups is 3. The quantitative estimate of drug-likeness (QED) is 0.340. The number of carboxylic acid groups (broad SMARTS) is 1. The van der Waals surface area contributed by atoms with E-state index in [0.29, 0.717) is 35.1 Å². The van der Waals surface area contributed by atoms with E-state index < -0.39 is 48.4 Å². The van der Waals surface area contributed by atoms with Crippen LogP contribution in [0.15, 0.2) is 30.7 Å². The molecule has 3 aromatic heterocycles. The van der Waals surface area contributed by atoms with Crippen LogP contribution in [-0.2, 0) is 22.6 Å². The molecule has 0 bridgehead atoms. The summed E-state index contributed by atoms with van der Waals surface area (Å²) in [4.78, 5) is 43.0. The zero-order valence-electron chi connectivity index (χ0n) is 23.4. The van der Waals surface area contributed by atoms with Crippen molar-refractivity contribution in [2.24, 2.45) is 17.3 Å². The van der Waals surface area contributed by atoms with Crippen LogP contribution in [-0.4, -0.2) is 59.5 Å². The van der Waals surface area contributed by atoms with Crippen LogP contribution in [0.2, 0.25) is 0 Å². The molecule has 11 nitrogen and oxygen atoms in total. The monoisotopic (exact) mass is 589 g/mol. The van der Waals surface area contributed by atoms with E-state index in [2.05, 4.69) is 22.4 Å². The van der Waals surface area contributed by atoms with Gasteiger partial charge >= 0.3 is 12.1 Å². The summed E-state index contributed by atoms with van der Waals surface area (Å²) in [5, 5.41) is 23.5. The van der Waals surface area contributed by atoms with Crippen molar-refractivity contribution in [3.8, 4) is 0 Å². The average molecular weight is 590 g/mol. The molecule has 3 N–H and O–H groups in total. The number of aryl methyl sites for hydroxylation is 1. The van der Waals surface area contributed by atoms with Crippen molar-refractivity contribution in [3.63, 3.8) is 0 Å². The molecule has 1 aliphatic heterocycles. The van der Waals surface area contributed by atoms with Gasteiger partial charge in [-0.05, 0) is 68.6 Å². The normalized spacial score (nSPS) is 25.6. The molecule has 5 rings (SSSR count). The summed E-state index contributed by atoms with van der Waals surface area (Å²) in [6, 6.07) is 0.744. The zero-order valence-corrected chi connectivity index (χ0v) is 23.4. The minimum absolute atomic E-state index is 0.135. The number of imidazole rings is 1. The van der Waals surface area contributed by atoms with Gasteiger partial charge in [0.2, 0.25) is 5.91 Å². The lowest BCUT2D eigenvalue weighted by atomic mass is 9.73. The van der Waals surface area contributed by atoms with Gasteiger partial charge in [0.15, 0.2) is 11.1 Å². The molecule has 3 atom stereocenters. The van der Waals surface area contributed by atoms with Crippen LogP contribution in [0.3, 0.4) is 0 Å². The first kappa shape index (κ1) is 29.5. The Bertz CT molecular complexity index is 1480. The molecule has 0 radical (unpaired) electrons. The van der Waals surface area contributed by atoms with Crippen LogP contribution >= 0.6 is 0 Å². The van der Waals surface area contributed by atoms with Gasteiger partial charge in [0.1, 0.15) is 11.7 Å². The number of carbonyl (C=O) groups excluding carboxylic acids is 2. The fourth-order valence-electron chi connectivity index (χ4n) is 6.14. The molecule has 1 saturated heterocycles. The summed E-state index contributed by atoms with van der Waals surface area (Å²) < 4.78 is 42.6. The van der Waals surface area contributed by atoms with Crippen LogP contribution in [0.4, 0.5) is 13.2 Å². The highest BCUT2D eigenvalue weighted by atomic mass is 19.4. The maximum atomic E-state index is 13.3. The van der Waals surface area contributed by atoms with E-state index in [-0.39, 0.29) is 18.2 Å². The molecular formula is C28H34F3N7O4. The van der Waals surface area contributed by atoms with Crippen molar-refractivity contribution in [2.45, 2.75) is 83.6 Å². The van der Waals surface area contributed by atoms with Crippen molar-refractivity contribution < 1.29 is 32.7 Å². The Balaban J connectivity index is 1.42. The molecule has 3 aromatic rings. The standard InChI is InChI=1S/C28H34F3N7O4/c1-3-37-20(9-11-32-37)24(39)36-23(18-6-4-16(2)5-7-18)19-15-38-22(34-19)12-17(14-33-38)13-27(26(41)42)10-8-21(28(29,30)31)35-25(27)40/h9,11-12,14-16,18,21,23H,3-8,10,13H2,1-2H3,(H,35,40)(H,36,39)(H,41,42)/t16?,18?,21?,23-,27?/m0/s1. The maximum Gasteiger partial charge on any atom is 0.408 e. The molecule has 0 spiro atoms. The number of aliphatic carboxylic acids is 1. The van der Waals surface area contributed by atoms with Crippen LogP contribution in [0.5, 0.6) is 0 Å². The van der Waals surface area contributed by atoms with Crippen LogP contribution in [0.1, 0.15) is 80.2 Å². The van der Waals surface area contributed by atoms with Gasteiger partial charge in [-0.15, -0.1) is 0 Å². The van der Waals surface area contributed by atoms with Crippen molar-refractivity contribution in [3.05, 3.63) is 47.7 Å². The molecular weight excluding hydrogens is 555 g/mol. The van der Waals surface area contributed by atoms with Crippen molar-refractivity contribution in [1.29, 1.82) is 0 Å². The number of hydrogen-bond donors (Lipinski definition) is 3. The Labute approximate surface area is 239 Å². The van der Waals surface area contributed by atoms with Gasteiger partial charge < -0.3 is 15.7 Å². The van der Waals surface area contributed by atoms with Gasteiger partial charge in [0.25, 0.3) is 5.91 Å². The average Bonchev–Trinajstić information content (AvgIpc) is 3.59. The smallest absolute Gasteiger partial charge is 0.408 e. The van der Waals surface area contributed by atoms with Gasteiger partial charge in [0.05, 0.1) is 24.1 Å². The Morgan fingerprint density at radius 2 is 1.95 bits per heavy atom. The number of nitrogens with one attached hydrogen (secondary N) is 2. The lowest BCUT2D eigenvalue weighted by Gasteiger charge is -2.37. The van der Waals surface area contributed by atoms with E-state index >= 15 is 0 Å². The molecule has 1 saturated carbocycles. The lowest BCUT2D eigenvalue weighted by molar-refractivity contribution is -0.180. The lowest BCUT2D eigenvalue weighted by Crippen LogP contribution is -2.59. The first-order valence-corrected chi connectivity index (χ1v) is 14.2. The van der Waals surface area contributed by atoms with E-state index in [9.17, 15) is 32.7 Å². The second-order valence-electron chi connectivity index (χ2n) is 11.5. The number of carboxylic acids is 1. The number of amides is 2. The van der Waals surface area contributed by atoms with E-state index in [1.54, 1.807) is 29.2 Å². The molecule has 2 unspecified atom stereocenters. The first-order chi connectivity index (χ1) is 19.9. The summed E-state index contributed by atoms with van der Waals surface area (Å²) in [6.07, 6.45) is 2.53. The topological polar surface area (TPSA) is 144 Å². The third kappa shape index (κ3) is 5.71. The number of fused-ring (bicyclic) bond motifs is 1. The van der Waals surface area contributed by atoms with Gasteiger partial charge in [-0.25, -0.2) is 9.50 Å². The fraction of sp³-hybridized carbons (Fsp3) is 0.571. The molecule has 14 heteroatoms. The third-order valence-electron chi connectivity index (χ3n) is 8.69. The van der Waals surface area contributed by atoms with E-state index in [4.69, 9.17) is 4.98 Å². The molecule has 226 valence electrons. The number of rotatable bonds is 8. The highest BCUT2D eigenvalue weighted by Crippen LogP contribution is 2.39. The maximum absolute atomic E-state index is 13.3. The van der Waals surface area contributed by atoms with E-state index in [1.165, 1.54) is 10.7 Å². The predicted octanol–water partition coefficient (Wildman–Crippen LogP) is 3.70. The minimum atomic E-state index is -4.66. The molecule has 1 aliphatic carbocycles. The molecule has 0 aromatic carbocycles. The van der Waals surface area contributed by atoms with E-state index in [0.717, 1.165) is 25.7 Å². The highest BCUT2D eigenvalue weighted by Gasteiger charge is 2.54. The van der Waals surface area contributed by atoms with Crippen LogP contribution in [0.25, 0.3) is 5.65 Å². The van der Waals surface area contributed by atoms with Crippen molar-refractivity contribution >= 4 is 23.4 Å². The zero-order chi connectivity index (χ0) is 30.2. The number of aromatic nitrogens is 5. The summed E-state index contributed by atoms with van der Waals surface area (Å²) in [5.41, 5.74) is -0.315. The predicted molar refractivity (Wildman–Crippen MR) is 143 cm³/mol. The summed E-state index contributed by atoms with van der Waals surface area (Å²) in [7, 11) is 0. The Hall–Kier alpha value is -3.97. The van der Waals surface area contributed by atoms with Gasteiger partial charge in [-0.2, -0.15) is 23.4 Å². The second-order valence-corrected chi connectivity index (χ2v) is 11.5. The fourth-order valence-corrected chi connectivity index (χ4v) is 6.14. The van der Waals surface area contributed by atoms with Crippen molar-refractivity contribution in [1.82, 2.24) is 35.0 Å². The number of piperidine rings is 1. The largest absolute Gasteiger partial charge is 0.480 e. The van der Waals surface area contributed by atoms with Crippen LogP contribution in [0, 0.1) is 17.3 Å².